The molecule has 0 aromatic carbocycles. The van der Waals surface area contributed by atoms with Crippen LogP contribution in [0.25, 0.3) is 6.08 Å². The molecule has 1 heterocycles. The van der Waals surface area contributed by atoms with Crippen molar-refractivity contribution in [1.29, 1.82) is 0 Å². The highest BCUT2D eigenvalue weighted by molar-refractivity contribution is 7.16. The number of carbonyl (C=O) groups is 1. The molecule has 0 aliphatic heterocycles. The Bertz CT molecular complexity index is 394. The van der Waals surface area contributed by atoms with Crippen molar-refractivity contribution >= 4 is 28.5 Å². The first-order valence-electron chi connectivity index (χ1n) is 4.30. The zero-order valence-corrected chi connectivity index (χ0v) is 9.36. The fraction of sp³-hybridized carbons (Fsp3) is 0.200. The van der Waals surface area contributed by atoms with Crippen molar-refractivity contribution in [3.8, 4) is 0 Å². The molecule has 80 valence electrons. The molecule has 0 aliphatic carbocycles. The summed E-state index contributed by atoms with van der Waals surface area (Å²) < 4.78 is 0. The molecule has 15 heavy (non-hydrogen) atoms. The summed E-state index contributed by atoms with van der Waals surface area (Å²) in [5.41, 5.74) is 0. The van der Waals surface area contributed by atoms with Gasteiger partial charge in [-0.1, -0.05) is 23.5 Å². The van der Waals surface area contributed by atoms with Crippen molar-refractivity contribution in [2.24, 2.45) is 0 Å². The molecule has 0 fully saturated rings. The summed E-state index contributed by atoms with van der Waals surface area (Å²) >= 11 is 1.55. The van der Waals surface area contributed by atoms with Crippen LogP contribution in [0.2, 0.25) is 0 Å². The summed E-state index contributed by atoms with van der Waals surface area (Å²) in [6.07, 6.45) is 7.83. The Labute approximate surface area is 92.2 Å². The van der Waals surface area contributed by atoms with Gasteiger partial charge in [0, 0.05) is 31.2 Å². The van der Waals surface area contributed by atoms with E-state index < -0.39 is 5.97 Å². The third kappa shape index (κ3) is 3.95. The lowest BCUT2D eigenvalue weighted by molar-refractivity contribution is -0.131. The molecule has 0 aliphatic rings. The van der Waals surface area contributed by atoms with Crippen LogP contribution in [0.15, 0.2) is 24.4 Å². The van der Waals surface area contributed by atoms with Gasteiger partial charge in [-0.2, -0.15) is 0 Å². The monoisotopic (exact) mass is 224 g/mol. The van der Waals surface area contributed by atoms with Crippen LogP contribution in [0.3, 0.4) is 0 Å². The van der Waals surface area contributed by atoms with Gasteiger partial charge < -0.3 is 10.0 Å². The SMILES string of the molecule is CN(C)c1ncc(C=C/C=C/C(=O)O)s1. The number of thiazole rings is 1. The summed E-state index contributed by atoms with van der Waals surface area (Å²) in [6.45, 7) is 0. The second-order valence-electron chi connectivity index (χ2n) is 3.00. The molecule has 5 heteroatoms. The van der Waals surface area contributed by atoms with E-state index in [2.05, 4.69) is 4.98 Å². The van der Waals surface area contributed by atoms with Crippen LogP contribution in [-0.4, -0.2) is 30.2 Å². The molecular weight excluding hydrogens is 212 g/mol. The minimum atomic E-state index is -0.946. The molecule has 0 saturated carbocycles. The fourth-order valence-corrected chi connectivity index (χ4v) is 1.60. The molecule has 0 bridgehead atoms. The molecule has 0 spiro atoms. The molecule has 0 atom stereocenters. The molecule has 1 rings (SSSR count). The highest BCUT2D eigenvalue weighted by Crippen LogP contribution is 2.21. The van der Waals surface area contributed by atoms with Gasteiger partial charge in [0.15, 0.2) is 5.13 Å². The van der Waals surface area contributed by atoms with Crippen LogP contribution in [-0.2, 0) is 4.79 Å². The first kappa shape index (κ1) is 11.5. The standard InChI is InChI=1S/C10H12N2O2S/c1-12(2)10-11-7-8(15-10)5-3-4-6-9(13)14/h3-7H,1-2H3,(H,13,14)/b5-3?,6-4+. The van der Waals surface area contributed by atoms with E-state index in [4.69, 9.17) is 5.11 Å². The number of allylic oxidation sites excluding steroid dienone is 2. The summed E-state index contributed by atoms with van der Waals surface area (Å²) in [5.74, 6) is -0.946. The maximum absolute atomic E-state index is 10.2. The van der Waals surface area contributed by atoms with E-state index in [-0.39, 0.29) is 0 Å². The topological polar surface area (TPSA) is 53.4 Å². The number of aliphatic carboxylic acids is 1. The lowest BCUT2D eigenvalue weighted by atomic mass is 10.4. The second kappa shape index (κ2) is 5.31. The molecule has 4 nitrogen and oxygen atoms in total. The maximum Gasteiger partial charge on any atom is 0.328 e. The molecule has 1 N–H and O–H groups in total. The van der Waals surface area contributed by atoms with E-state index >= 15 is 0 Å². The van der Waals surface area contributed by atoms with Crippen LogP contribution in [0.1, 0.15) is 4.88 Å². The highest BCUT2D eigenvalue weighted by atomic mass is 32.1. The average molecular weight is 224 g/mol. The third-order valence-electron chi connectivity index (χ3n) is 1.50. The van der Waals surface area contributed by atoms with Gasteiger partial charge in [-0.25, -0.2) is 9.78 Å². The predicted octanol–water partition coefficient (Wildman–Crippen LogP) is 1.86. The van der Waals surface area contributed by atoms with Crippen molar-refractivity contribution in [3.63, 3.8) is 0 Å². The molecule has 1 aromatic rings. The Balaban J connectivity index is 2.61. The predicted molar refractivity (Wildman–Crippen MR) is 62.3 cm³/mol. The lowest BCUT2D eigenvalue weighted by Crippen LogP contribution is -2.07. The molecule has 0 radical (unpaired) electrons. The van der Waals surface area contributed by atoms with E-state index in [1.54, 1.807) is 23.6 Å². The van der Waals surface area contributed by atoms with E-state index in [0.29, 0.717) is 0 Å². The van der Waals surface area contributed by atoms with Crippen LogP contribution in [0, 0.1) is 0 Å². The Morgan fingerprint density at radius 3 is 2.80 bits per heavy atom. The van der Waals surface area contributed by atoms with Gasteiger partial charge in [0.1, 0.15) is 0 Å². The molecule has 0 unspecified atom stereocenters. The number of hydrogen-bond donors (Lipinski definition) is 1. The maximum atomic E-state index is 10.2. The number of carboxylic acid groups (broad SMARTS) is 1. The zero-order chi connectivity index (χ0) is 11.3. The van der Waals surface area contributed by atoms with Crippen LogP contribution in [0.4, 0.5) is 5.13 Å². The van der Waals surface area contributed by atoms with E-state index in [9.17, 15) is 4.79 Å². The Hall–Kier alpha value is -1.62. The smallest absolute Gasteiger partial charge is 0.328 e. The highest BCUT2D eigenvalue weighted by Gasteiger charge is 1.99. The Morgan fingerprint density at radius 2 is 2.27 bits per heavy atom. The Kier molecular flexibility index (Phi) is 4.05. The summed E-state index contributed by atoms with van der Waals surface area (Å²) in [7, 11) is 3.85. The number of aromatic nitrogens is 1. The average Bonchev–Trinajstić information content (AvgIpc) is 2.60. The number of carboxylic acids is 1. The minimum absolute atomic E-state index is 0.928. The van der Waals surface area contributed by atoms with Crippen molar-refractivity contribution in [2.45, 2.75) is 0 Å². The van der Waals surface area contributed by atoms with Gasteiger partial charge in [-0.3, -0.25) is 0 Å². The lowest BCUT2D eigenvalue weighted by Gasteiger charge is -2.04. The van der Waals surface area contributed by atoms with Crippen LogP contribution < -0.4 is 4.90 Å². The van der Waals surface area contributed by atoms with Gasteiger partial charge in [-0.15, -0.1) is 0 Å². The van der Waals surface area contributed by atoms with E-state index in [0.717, 1.165) is 16.1 Å². The molecular formula is C10H12N2O2S. The Morgan fingerprint density at radius 1 is 1.53 bits per heavy atom. The second-order valence-corrected chi connectivity index (χ2v) is 4.04. The van der Waals surface area contributed by atoms with Crippen molar-refractivity contribution < 1.29 is 9.90 Å². The van der Waals surface area contributed by atoms with E-state index in [1.807, 2.05) is 25.1 Å². The molecule has 1 aromatic heterocycles. The van der Waals surface area contributed by atoms with Crippen LogP contribution in [0.5, 0.6) is 0 Å². The van der Waals surface area contributed by atoms with Crippen molar-refractivity contribution in [3.05, 3.63) is 29.3 Å². The van der Waals surface area contributed by atoms with Gasteiger partial charge in [0.25, 0.3) is 0 Å². The summed E-state index contributed by atoms with van der Waals surface area (Å²) in [6, 6.07) is 0. The number of hydrogen-bond acceptors (Lipinski definition) is 4. The quantitative estimate of drug-likeness (QED) is 0.626. The van der Waals surface area contributed by atoms with Gasteiger partial charge in [-0.05, 0) is 6.08 Å². The normalized spacial score (nSPS) is 11.3. The minimum Gasteiger partial charge on any atom is -0.478 e. The number of anilines is 1. The zero-order valence-electron chi connectivity index (χ0n) is 8.54. The summed E-state index contributed by atoms with van der Waals surface area (Å²) in [4.78, 5) is 17.3. The fourth-order valence-electron chi connectivity index (χ4n) is 0.849. The van der Waals surface area contributed by atoms with Gasteiger partial charge in [0.05, 0.1) is 0 Å². The number of nitrogens with zero attached hydrogens (tertiary/aromatic N) is 2. The van der Waals surface area contributed by atoms with Crippen molar-refractivity contribution in [1.82, 2.24) is 4.98 Å². The van der Waals surface area contributed by atoms with Gasteiger partial charge >= 0.3 is 5.97 Å². The largest absolute Gasteiger partial charge is 0.478 e. The molecule has 0 amide bonds. The van der Waals surface area contributed by atoms with Crippen molar-refractivity contribution in [2.75, 3.05) is 19.0 Å². The number of rotatable bonds is 4. The first-order valence-corrected chi connectivity index (χ1v) is 5.12. The third-order valence-corrected chi connectivity index (χ3v) is 2.63. The van der Waals surface area contributed by atoms with Gasteiger partial charge in [0.2, 0.25) is 0 Å². The van der Waals surface area contributed by atoms with E-state index in [1.165, 1.54) is 6.08 Å². The first-order chi connectivity index (χ1) is 7.09. The molecule has 0 saturated heterocycles. The van der Waals surface area contributed by atoms with Crippen LogP contribution >= 0.6 is 11.3 Å². The summed E-state index contributed by atoms with van der Waals surface area (Å²) in [5, 5.41) is 9.28.